The number of nitrogens with zero attached hydrogens (tertiary/aromatic N) is 2. The fourth-order valence-electron chi connectivity index (χ4n) is 3.94. The maximum absolute atomic E-state index is 12.7. The number of rotatable bonds is 0. The predicted octanol–water partition coefficient (Wildman–Crippen LogP) is -0.195. The van der Waals surface area contributed by atoms with Crippen LogP contribution >= 0.6 is 0 Å². The van der Waals surface area contributed by atoms with E-state index in [4.69, 9.17) is 0 Å². The van der Waals surface area contributed by atoms with Gasteiger partial charge >= 0.3 is 58.2 Å². The summed E-state index contributed by atoms with van der Waals surface area (Å²) in [5.41, 5.74) is 4.62. The summed E-state index contributed by atoms with van der Waals surface area (Å²) >= 11 is 0. The van der Waals surface area contributed by atoms with Crippen molar-refractivity contribution in [3.05, 3.63) is 71.9 Å². The van der Waals surface area contributed by atoms with Crippen molar-refractivity contribution in [2.45, 2.75) is 18.3 Å². The van der Waals surface area contributed by atoms with Gasteiger partial charge in [-0.05, 0) is 41.5 Å². The topological polar surface area (TPSA) is 54.9 Å². The molecule has 112 valence electrons. The van der Waals surface area contributed by atoms with Crippen LogP contribution < -0.4 is 63.5 Å². The normalized spacial score (nSPS) is 20.6. The Kier molecular flexibility index (Phi) is 3.92. The van der Waals surface area contributed by atoms with Crippen LogP contribution in [0.5, 0.6) is 0 Å². The van der Waals surface area contributed by atoms with Crippen LogP contribution in [0.2, 0.25) is 0 Å². The van der Waals surface area contributed by atoms with Gasteiger partial charge in [0.05, 0.1) is 10.9 Å². The number of carbonyl (C=O) groups excluding carboxylic acids is 1. The average molecular weight is 386 g/mol. The number of hydrogen-bond acceptors (Lipinski definition) is 3. The van der Waals surface area contributed by atoms with Crippen LogP contribution in [0.15, 0.2) is 42.6 Å². The Morgan fingerprint density at radius 2 is 1.92 bits per heavy atom. The van der Waals surface area contributed by atoms with Gasteiger partial charge in [0, 0.05) is 11.8 Å². The largest absolute Gasteiger partial charge is 1.00 e. The number of amides is 1. The molecular weight excluding hydrogens is 372 g/mol. The van der Waals surface area contributed by atoms with E-state index in [0.29, 0.717) is 12.2 Å². The van der Waals surface area contributed by atoms with Gasteiger partial charge in [-0.15, -0.1) is 11.8 Å². The van der Waals surface area contributed by atoms with Gasteiger partial charge in [0.15, 0.2) is 0 Å². The zero-order chi connectivity index (χ0) is 15.6. The van der Waals surface area contributed by atoms with Crippen LogP contribution in [-0.2, 0) is 23.1 Å². The van der Waals surface area contributed by atoms with Gasteiger partial charge in [-0.25, -0.2) is 11.9 Å². The first kappa shape index (κ1) is 16.4. The minimum atomic E-state index is -0.517. The van der Waals surface area contributed by atoms with Crippen molar-refractivity contribution >= 4 is 22.6 Å². The summed E-state index contributed by atoms with van der Waals surface area (Å²) in [4.78, 5) is 21.5. The smallest absolute Gasteiger partial charge is 0.310 e. The Bertz CT molecular complexity index is 1000. The molecule has 2 aromatic heterocycles. The zero-order valence-corrected chi connectivity index (χ0v) is 18.4. The van der Waals surface area contributed by atoms with E-state index in [9.17, 15) is 4.79 Å². The molecule has 4 nitrogen and oxygen atoms in total. The fraction of sp³-hybridized carbons (Fsp3) is 0.158. The molecule has 5 heteroatoms. The number of carbonyl (C=O) groups is 1. The zero-order valence-electron chi connectivity index (χ0n) is 13.5. The summed E-state index contributed by atoms with van der Waals surface area (Å²) in [7, 11) is 0. The summed E-state index contributed by atoms with van der Waals surface area (Å²) in [6.07, 6.45) is 3.13. The minimum absolute atomic E-state index is 0. The van der Waals surface area contributed by atoms with Gasteiger partial charge in [-0.3, -0.25) is 9.78 Å². The Labute approximate surface area is 188 Å². The standard InChI is InChI=1S/C19H14N3O.Rb/c1-11-4-5-12-7-13-9-19(10-14(13)8-16(12)21-11)15-3-2-6-20-17(15)22-18(19)23;/h2-8H,1,9-10H2,(H,20,22,23);/q-1;+1/t19-;/m0./s1. The van der Waals surface area contributed by atoms with E-state index in [-0.39, 0.29) is 64.1 Å². The second-order valence-electron chi connectivity index (χ2n) is 6.41. The molecule has 0 fully saturated rings. The van der Waals surface area contributed by atoms with E-state index in [2.05, 4.69) is 34.3 Å². The molecule has 1 aromatic carbocycles. The molecule has 2 aliphatic rings. The third kappa shape index (κ3) is 2.24. The van der Waals surface area contributed by atoms with Crippen LogP contribution in [0.3, 0.4) is 0 Å². The summed E-state index contributed by atoms with van der Waals surface area (Å²) in [6.45, 7) is 3.89. The molecule has 3 aromatic rings. The molecular formula is C19H14N3ORb. The number of fused-ring (bicyclic) bond motifs is 4. The molecule has 1 aliphatic heterocycles. The van der Waals surface area contributed by atoms with Gasteiger partial charge in [0.2, 0.25) is 5.91 Å². The van der Waals surface area contributed by atoms with Gasteiger partial charge in [-0.1, -0.05) is 12.1 Å². The predicted molar refractivity (Wildman–Crippen MR) is 88.2 cm³/mol. The van der Waals surface area contributed by atoms with Crippen molar-refractivity contribution in [1.29, 1.82) is 0 Å². The Morgan fingerprint density at radius 3 is 2.75 bits per heavy atom. The molecule has 24 heavy (non-hydrogen) atoms. The molecule has 0 saturated carbocycles. The number of pyridine rings is 2. The first-order valence-electron chi connectivity index (χ1n) is 7.67. The quantitative estimate of drug-likeness (QED) is 0.546. The van der Waals surface area contributed by atoms with Crippen LogP contribution in [-0.4, -0.2) is 15.9 Å². The molecule has 1 aliphatic carbocycles. The first-order chi connectivity index (χ1) is 11.2. The van der Waals surface area contributed by atoms with Crippen molar-refractivity contribution in [3.63, 3.8) is 0 Å². The Hall–Kier alpha value is -1.07. The number of nitrogens with one attached hydrogen (secondary N) is 1. The van der Waals surface area contributed by atoms with E-state index >= 15 is 0 Å². The van der Waals surface area contributed by atoms with Crippen LogP contribution in [0.1, 0.15) is 22.4 Å². The van der Waals surface area contributed by atoms with E-state index < -0.39 is 5.41 Å². The average Bonchev–Trinajstić information content (AvgIpc) is 3.04. The molecule has 0 saturated heterocycles. The number of anilines is 1. The van der Waals surface area contributed by atoms with Crippen molar-refractivity contribution in [2.75, 3.05) is 5.32 Å². The molecule has 5 rings (SSSR count). The van der Waals surface area contributed by atoms with Crippen LogP contribution in [0, 0.1) is 6.92 Å². The van der Waals surface area contributed by atoms with Crippen molar-refractivity contribution in [3.8, 4) is 0 Å². The third-order valence-corrected chi connectivity index (χ3v) is 5.04. The molecule has 1 atom stereocenters. The number of aromatic nitrogens is 2. The Morgan fingerprint density at radius 1 is 1.12 bits per heavy atom. The summed E-state index contributed by atoms with van der Waals surface area (Å²) in [5, 5.41) is 4.04. The summed E-state index contributed by atoms with van der Waals surface area (Å²) < 4.78 is 0. The minimum Gasteiger partial charge on any atom is -0.310 e. The first-order valence-corrected chi connectivity index (χ1v) is 7.67. The van der Waals surface area contributed by atoms with Crippen LogP contribution in [0.25, 0.3) is 10.9 Å². The number of hydrogen-bond donors (Lipinski definition) is 1. The maximum Gasteiger partial charge on any atom is 1.00 e. The molecule has 1 amide bonds. The van der Waals surface area contributed by atoms with E-state index in [1.165, 1.54) is 11.1 Å². The van der Waals surface area contributed by atoms with Crippen molar-refractivity contribution < 1.29 is 63.0 Å². The fourth-order valence-corrected chi connectivity index (χ4v) is 3.94. The molecule has 0 radical (unpaired) electrons. The van der Waals surface area contributed by atoms with Crippen LogP contribution in [0.4, 0.5) is 5.82 Å². The molecule has 0 unspecified atom stereocenters. The van der Waals surface area contributed by atoms with E-state index in [1.807, 2.05) is 24.3 Å². The van der Waals surface area contributed by atoms with Gasteiger partial charge in [0.1, 0.15) is 5.82 Å². The molecule has 3 heterocycles. The van der Waals surface area contributed by atoms with E-state index in [1.54, 1.807) is 6.20 Å². The Balaban J connectivity index is 0.00000146. The number of benzene rings is 1. The van der Waals surface area contributed by atoms with Gasteiger partial charge < -0.3 is 5.32 Å². The maximum atomic E-state index is 12.7. The summed E-state index contributed by atoms with van der Waals surface area (Å²) in [6, 6.07) is 12.1. The second-order valence-corrected chi connectivity index (χ2v) is 6.41. The second kappa shape index (κ2) is 5.73. The molecule has 1 N–H and O–H groups in total. The van der Waals surface area contributed by atoms with Crippen molar-refractivity contribution in [2.24, 2.45) is 0 Å². The van der Waals surface area contributed by atoms with E-state index in [0.717, 1.165) is 28.6 Å². The monoisotopic (exact) mass is 385 g/mol. The van der Waals surface area contributed by atoms with Crippen molar-refractivity contribution in [1.82, 2.24) is 9.97 Å². The summed E-state index contributed by atoms with van der Waals surface area (Å²) in [5.74, 6) is 0.755. The van der Waals surface area contributed by atoms with Gasteiger partial charge in [0.25, 0.3) is 0 Å². The molecule has 1 spiro atoms. The molecule has 0 bridgehead atoms. The van der Waals surface area contributed by atoms with Gasteiger partial charge in [-0.2, -0.15) is 6.07 Å². The SMILES string of the molecule is [CH2-]c1ccc2cc3c(cc2n1)C[C@]1(C3)C(=O)Nc2ncccc21.[Rb+]. The third-order valence-electron chi connectivity index (χ3n) is 5.04.